The van der Waals surface area contributed by atoms with Crippen molar-refractivity contribution >= 4 is 122 Å². The number of hydrogen-bond donors (Lipinski definition) is 6. The van der Waals surface area contributed by atoms with E-state index >= 15 is 0 Å². The van der Waals surface area contributed by atoms with Crippen LogP contribution in [0.5, 0.6) is 115 Å². The fraction of sp³-hybridized carbons (Fsp3) is 0.179. The van der Waals surface area contributed by atoms with Gasteiger partial charge in [-0.05, 0) is 184 Å². The van der Waals surface area contributed by atoms with Crippen LogP contribution >= 0.6 is 0 Å². The van der Waals surface area contributed by atoms with Gasteiger partial charge in [-0.25, -0.2) is 0 Å². The van der Waals surface area contributed by atoms with Crippen molar-refractivity contribution in [1.82, 2.24) is 9.55 Å². The zero-order chi connectivity index (χ0) is 106. The number of anilines is 5. The third-order valence-electron chi connectivity index (χ3n) is 22.9. The van der Waals surface area contributed by atoms with Gasteiger partial charge in [-0.1, -0.05) is 109 Å². The minimum absolute atomic E-state index is 0.0817. The highest BCUT2D eigenvalue weighted by molar-refractivity contribution is 6.14. The van der Waals surface area contributed by atoms with Crippen LogP contribution < -0.4 is 122 Å². The van der Waals surface area contributed by atoms with Crippen LogP contribution in [0.15, 0.2) is 262 Å². The first kappa shape index (κ1) is 110. The predicted molar refractivity (Wildman–Crippen MR) is 585 cm³/mol. The van der Waals surface area contributed by atoms with Gasteiger partial charge < -0.3 is 131 Å². The summed E-state index contributed by atoms with van der Waals surface area (Å²) in [5.74, 6) is 10.4. The number of nitrogens with zero attached hydrogens (tertiary/aromatic N) is 1. The Bertz CT molecular complexity index is 7140. The van der Waals surface area contributed by atoms with Crippen molar-refractivity contribution in [3.63, 3.8) is 0 Å². The largest absolute Gasteiger partial charge is 0.495 e. The van der Waals surface area contributed by atoms with Crippen LogP contribution in [0.4, 0.5) is 28.4 Å². The molecule has 2 aromatic heterocycles. The number of ether oxygens (including phenoxy) is 20. The molecule has 0 amide bonds. The number of aryl methyl sites for hydroxylation is 1. The Morgan fingerprint density at radius 1 is 0.257 bits per heavy atom. The second-order valence-electron chi connectivity index (χ2n) is 31.7. The van der Waals surface area contributed by atoms with Crippen LogP contribution in [-0.4, -0.2) is 175 Å². The summed E-state index contributed by atoms with van der Waals surface area (Å²) < 4.78 is 110. The number of para-hydroxylation sites is 2. The van der Waals surface area contributed by atoms with Crippen LogP contribution in [0.3, 0.4) is 0 Å². The molecule has 0 aliphatic rings. The Balaban J connectivity index is 0.000000187. The molecular weight excluding hydrogens is 1890 g/mol. The minimum Gasteiger partial charge on any atom is -0.495 e. The highest BCUT2D eigenvalue weighted by Gasteiger charge is 2.22. The van der Waals surface area contributed by atoms with Gasteiger partial charge in [0.05, 0.1) is 171 Å². The first-order valence-corrected chi connectivity index (χ1v) is 45.8. The van der Waals surface area contributed by atoms with Gasteiger partial charge in [0.2, 0.25) is 28.7 Å². The van der Waals surface area contributed by atoms with E-state index < -0.39 is 0 Å². The van der Waals surface area contributed by atoms with Crippen molar-refractivity contribution in [2.24, 2.45) is 7.05 Å². The molecule has 0 bridgehead atoms. The first-order chi connectivity index (χ1) is 71.9. The normalized spacial score (nSPS) is 11.1. The Kier molecular flexibility index (Phi) is 40.4. The standard InChI is InChI=1S/C30H30N2O5.C30H33NO8.C29H28N2O5.C28H30N2O6/c1-32-19-23(22-8-6-7-9-25(22)32)26(33)14-15-31-24-16-20(12-13-27(24)34-2)10-11-21-17-28(35-3)30(37-5)29(18-21)36-4;1-33-24-11-10-19(8-9-20-15-25(34-2)29(38-6)26(16-20)35-3)14-22(24)31-13-12-23(32)21-17-27(36-4)30(39-7)28(18-21)37-5;1-33-26-12-11-19(9-10-20-16-27(34-2)29(36-4)28(17-20)35-3)15-24(26)30-14-13-25(32)22-18-31-23-8-6-5-7-21(22)23;1-32-24-11-9-20(17-21(24)29)23(31)12-13-30-22-14-18(8-10-25(22)33-2)6-7-19-15-26(34-3)28(36-5)27(16-19)35-4/h6-19,31H,1-5H3;8-18,31H,1-7H3;5-18,30-31H,1-4H3;6-17,30H,29H2,1-5H3/b11-10-,15-14-;9-8-,13-12-;10-9-,14-13-;7-6-,13-12-. The summed E-state index contributed by atoms with van der Waals surface area (Å²) in [6.07, 6.45) is 31.4. The molecule has 12 aromatic carbocycles. The smallest absolute Gasteiger partial charge is 0.203 e. The lowest BCUT2D eigenvalue weighted by Crippen LogP contribution is -2.01. The molecule has 14 rings (SSSR count). The van der Waals surface area contributed by atoms with Crippen molar-refractivity contribution in [2.45, 2.75) is 0 Å². The lowest BCUT2D eigenvalue weighted by atomic mass is 10.1. The zero-order valence-corrected chi connectivity index (χ0v) is 86.3. The van der Waals surface area contributed by atoms with Gasteiger partial charge in [-0.3, -0.25) is 19.2 Å². The summed E-state index contributed by atoms with van der Waals surface area (Å²) in [7, 11) is 33.3. The number of benzene rings is 12. The molecule has 31 nitrogen and oxygen atoms in total. The molecule has 0 saturated heterocycles. The number of aromatic amines is 1. The highest BCUT2D eigenvalue weighted by Crippen LogP contribution is 2.45. The Morgan fingerprint density at radius 2 is 0.520 bits per heavy atom. The molecule has 0 unspecified atom stereocenters. The maximum Gasteiger partial charge on any atom is 0.203 e. The number of fused-ring (bicyclic) bond motifs is 2. The quantitative estimate of drug-likeness (QED) is 0.00894. The summed E-state index contributed by atoms with van der Waals surface area (Å²) in [5, 5.41) is 14.4. The van der Waals surface area contributed by atoms with E-state index in [0.717, 1.165) is 77.7 Å². The number of carbonyl (C=O) groups excluding carboxylic acids is 4. The van der Waals surface area contributed by atoms with E-state index in [0.29, 0.717) is 154 Å². The summed E-state index contributed by atoms with van der Waals surface area (Å²) in [4.78, 5) is 54.1. The maximum atomic E-state index is 12.9. The number of hydrogen-bond acceptors (Lipinski definition) is 29. The van der Waals surface area contributed by atoms with E-state index in [1.54, 1.807) is 175 Å². The third-order valence-corrected chi connectivity index (χ3v) is 22.9. The molecule has 0 aliphatic heterocycles. The van der Waals surface area contributed by atoms with Gasteiger partial charge in [0.1, 0.15) is 28.7 Å². The van der Waals surface area contributed by atoms with Gasteiger partial charge in [0.15, 0.2) is 80.6 Å². The average Bonchev–Trinajstić information content (AvgIpc) is 1.65. The number of methoxy groups -OCH3 is 20. The Labute approximate surface area is 860 Å². The molecule has 7 N–H and O–H groups in total. The molecule has 768 valence electrons. The van der Waals surface area contributed by atoms with Crippen molar-refractivity contribution < 1.29 is 114 Å². The fourth-order valence-electron chi connectivity index (χ4n) is 15.5. The number of nitrogen functional groups attached to an aromatic ring is 1. The summed E-state index contributed by atoms with van der Waals surface area (Å²) in [6.45, 7) is 0. The lowest BCUT2D eigenvalue weighted by molar-refractivity contribution is 0.103. The zero-order valence-electron chi connectivity index (χ0n) is 86.3. The average molecular weight is 2010 g/mol. The van der Waals surface area contributed by atoms with Gasteiger partial charge in [-0.15, -0.1) is 0 Å². The maximum absolute atomic E-state index is 12.9. The van der Waals surface area contributed by atoms with Crippen LogP contribution in [0.2, 0.25) is 0 Å². The molecule has 0 fully saturated rings. The van der Waals surface area contributed by atoms with Crippen molar-refractivity contribution in [3.05, 3.63) is 328 Å². The number of carbonyl (C=O) groups is 4. The number of ketones is 4. The molecule has 31 heteroatoms. The summed E-state index contributed by atoms with van der Waals surface area (Å²) in [5.41, 5.74) is 20.4. The van der Waals surface area contributed by atoms with Crippen molar-refractivity contribution in [3.8, 4) is 115 Å². The molecule has 0 radical (unpaired) electrons. The van der Waals surface area contributed by atoms with Gasteiger partial charge in [0, 0.05) is 113 Å². The number of nitrogens with two attached hydrogens (primary N) is 1. The second kappa shape index (κ2) is 54.5. The topological polar surface area (TPSA) is 348 Å². The van der Waals surface area contributed by atoms with Crippen LogP contribution in [-0.2, 0) is 7.05 Å². The van der Waals surface area contributed by atoms with Crippen LogP contribution in [0.1, 0.15) is 85.9 Å². The Morgan fingerprint density at radius 3 is 0.824 bits per heavy atom. The second-order valence-corrected chi connectivity index (χ2v) is 31.7. The fourth-order valence-corrected chi connectivity index (χ4v) is 15.5. The minimum atomic E-state index is -0.251. The highest BCUT2D eigenvalue weighted by atomic mass is 16.6. The summed E-state index contributed by atoms with van der Waals surface area (Å²) in [6, 6.07) is 61.5. The number of nitrogens with one attached hydrogen (secondary N) is 5. The van der Waals surface area contributed by atoms with Crippen molar-refractivity contribution in [2.75, 3.05) is 169 Å². The van der Waals surface area contributed by atoms with E-state index in [1.807, 2.05) is 236 Å². The van der Waals surface area contributed by atoms with Crippen molar-refractivity contribution in [1.29, 1.82) is 0 Å². The molecule has 148 heavy (non-hydrogen) atoms. The van der Waals surface area contributed by atoms with E-state index in [1.165, 1.54) is 52.7 Å². The third kappa shape index (κ3) is 28.0. The number of H-pyrrole nitrogens is 1. The first-order valence-electron chi connectivity index (χ1n) is 45.8. The molecule has 14 aromatic rings. The molecular formula is C117H121N7O24. The predicted octanol–water partition coefficient (Wildman–Crippen LogP) is 23.4. The number of allylic oxidation sites excluding steroid dienone is 4. The molecule has 0 atom stereocenters. The molecule has 2 heterocycles. The van der Waals surface area contributed by atoms with E-state index in [-0.39, 0.29) is 23.1 Å². The van der Waals surface area contributed by atoms with Crippen LogP contribution in [0, 0.1) is 0 Å². The van der Waals surface area contributed by atoms with E-state index in [2.05, 4.69) is 26.3 Å². The van der Waals surface area contributed by atoms with Gasteiger partial charge >= 0.3 is 0 Å². The number of aromatic nitrogens is 2. The van der Waals surface area contributed by atoms with Gasteiger partial charge in [0.25, 0.3) is 0 Å². The van der Waals surface area contributed by atoms with E-state index in [9.17, 15) is 19.2 Å². The lowest BCUT2D eigenvalue weighted by Gasteiger charge is -2.13. The molecule has 0 saturated carbocycles. The Hall–Kier alpha value is -18.7. The van der Waals surface area contributed by atoms with Gasteiger partial charge in [-0.2, -0.15) is 0 Å². The SMILES string of the molecule is COc1ccc(/C=C\c2cc(OC)c(OC)c(OC)c2)cc1N/C=C\C(=O)c1c[nH]c2ccccc12.COc1ccc(/C=C\c2cc(OC)c(OC)c(OC)c2)cc1N/C=C\C(=O)c1cc(OC)c(OC)c(OC)c1.COc1ccc(/C=C\c2cc(OC)c(OC)c(OC)c2)cc1N/C=C\C(=O)c1cn(C)c2ccccc12.COc1ccc(C(=O)/C=C\Nc2cc(/C=C\c3cc(OC)c(OC)c(OC)c3)ccc2OC)cc1N. The number of rotatable bonds is 44. The van der Waals surface area contributed by atoms with E-state index in [4.69, 9.17) is 100 Å². The molecule has 0 aliphatic carbocycles. The van der Waals surface area contributed by atoms with Crippen LogP contribution in [0.25, 0.3) is 70.4 Å². The monoisotopic (exact) mass is 2010 g/mol. The summed E-state index contributed by atoms with van der Waals surface area (Å²) >= 11 is 0. The molecule has 0 spiro atoms.